The number of amides is 2. The second-order valence-electron chi connectivity index (χ2n) is 7.13. The van der Waals surface area contributed by atoms with Crippen LogP contribution in [0.4, 0.5) is 11.4 Å². The number of ether oxygens (including phenoxy) is 2. The van der Waals surface area contributed by atoms with Gasteiger partial charge in [-0.25, -0.2) is 18.1 Å². The van der Waals surface area contributed by atoms with Gasteiger partial charge in [0.1, 0.15) is 5.75 Å². The van der Waals surface area contributed by atoms with E-state index in [1.54, 1.807) is 0 Å². The van der Waals surface area contributed by atoms with Gasteiger partial charge < -0.3 is 9.47 Å². The second kappa shape index (κ2) is 9.82. The molecule has 1 fully saturated rings. The summed E-state index contributed by atoms with van der Waals surface area (Å²) in [6.45, 7) is 2.31. The largest absolute Gasteiger partial charge is 0.495 e. The molecule has 0 spiro atoms. The number of anilines is 2. The zero-order chi connectivity index (χ0) is 23.3. The molecule has 1 aliphatic heterocycles. The lowest BCUT2D eigenvalue weighted by molar-refractivity contribution is -0.121. The number of carbonyl (C=O) groups is 3. The lowest BCUT2D eigenvalue weighted by Crippen LogP contribution is -2.29. The number of imide groups is 1. The zero-order valence-corrected chi connectivity index (χ0v) is 18.6. The van der Waals surface area contributed by atoms with Gasteiger partial charge in [-0.1, -0.05) is 13.3 Å². The molecule has 1 heterocycles. The topological polar surface area (TPSA) is 119 Å². The number of nitrogens with one attached hydrogen (secondary N) is 1. The van der Waals surface area contributed by atoms with Gasteiger partial charge in [0.25, 0.3) is 10.0 Å². The number of benzene rings is 2. The Bertz CT molecular complexity index is 1110. The van der Waals surface area contributed by atoms with Crippen molar-refractivity contribution in [1.29, 1.82) is 0 Å². The number of methoxy groups -OCH3 is 1. The standard InChI is InChI=1S/C22H24N2O7S/c1-3-4-13-31-22(27)15-5-7-16(8-6-15)23-32(28,29)17-9-10-19(30-2)18(14-17)24-20(25)11-12-21(24)26/h5-10,14,23H,3-4,11-13H2,1-2H3. The van der Waals surface area contributed by atoms with Gasteiger partial charge in [-0.15, -0.1) is 0 Å². The van der Waals surface area contributed by atoms with Crippen LogP contribution in [0, 0.1) is 0 Å². The lowest BCUT2D eigenvalue weighted by atomic mass is 10.2. The lowest BCUT2D eigenvalue weighted by Gasteiger charge is -2.18. The van der Waals surface area contributed by atoms with E-state index in [2.05, 4.69) is 4.72 Å². The van der Waals surface area contributed by atoms with Crippen LogP contribution in [0.3, 0.4) is 0 Å². The maximum absolute atomic E-state index is 12.9. The van der Waals surface area contributed by atoms with Gasteiger partial charge in [0.05, 0.1) is 29.9 Å². The van der Waals surface area contributed by atoms with Gasteiger partial charge >= 0.3 is 5.97 Å². The van der Waals surface area contributed by atoms with Crippen molar-refractivity contribution in [3.63, 3.8) is 0 Å². The van der Waals surface area contributed by atoms with Crippen molar-refractivity contribution in [2.45, 2.75) is 37.5 Å². The van der Waals surface area contributed by atoms with Crippen molar-refractivity contribution < 1.29 is 32.3 Å². The first-order chi connectivity index (χ1) is 15.3. The highest BCUT2D eigenvalue weighted by Gasteiger charge is 2.33. The molecule has 3 rings (SSSR count). The van der Waals surface area contributed by atoms with Gasteiger partial charge in [0, 0.05) is 18.5 Å². The van der Waals surface area contributed by atoms with Crippen molar-refractivity contribution in [2.24, 2.45) is 0 Å². The first kappa shape index (κ1) is 23.3. The summed E-state index contributed by atoms with van der Waals surface area (Å²) in [4.78, 5) is 37.0. The van der Waals surface area contributed by atoms with Crippen LogP contribution >= 0.6 is 0 Å². The molecule has 1 N–H and O–H groups in total. The normalized spacial score (nSPS) is 13.9. The summed E-state index contributed by atoms with van der Waals surface area (Å²) < 4.78 is 38.5. The number of esters is 1. The molecule has 0 radical (unpaired) electrons. The fourth-order valence-electron chi connectivity index (χ4n) is 3.14. The van der Waals surface area contributed by atoms with Crippen LogP contribution in [0.15, 0.2) is 47.4 Å². The third-order valence-corrected chi connectivity index (χ3v) is 6.24. The van der Waals surface area contributed by atoms with E-state index in [-0.39, 0.29) is 34.9 Å². The first-order valence-corrected chi connectivity index (χ1v) is 11.6. The van der Waals surface area contributed by atoms with Crippen molar-refractivity contribution in [1.82, 2.24) is 0 Å². The predicted molar refractivity (Wildman–Crippen MR) is 117 cm³/mol. The van der Waals surface area contributed by atoms with Gasteiger partial charge in [0.15, 0.2) is 0 Å². The van der Waals surface area contributed by atoms with Crippen LogP contribution in [0.5, 0.6) is 5.75 Å². The third kappa shape index (κ3) is 5.08. The molecule has 0 saturated carbocycles. The molecule has 2 aromatic rings. The molecular formula is C22H24N2O7S. The molecule has 0 unspecified atom stereocenters. The van der Waals surface area contributed by atoms with Crippen LogP contribution in [-0.4, -0.2) is 39.9 Å². The Morgan fingerprint density at radius 2 is 1.72 bits per heavy atom. The summed E-state index contributed by atoms with van der Waals surface area (Å²) in [5, 5.41) is 0. The highest BCUT2D eigenvalue weighted by atomic mass is 32.2. The number of sulfonamides is 1. The van der Waals surface area contributed by atoms with E-state index in [1.165, 1.54) is 49.6 Å². The van der Waals surface area contributed by atoms with Crippen LogP contribution in [-0.2, 0) is 24.3 Å². The molecule has 1 saturated heterocycles. The fourth-order valence-corrected chi connectivity index (χ4v) is 4.22. The maximum Gasteiger partial charge on any atom is 0.338 e. The number of nitrogens with zero attached hydrogens (tertiary/aromatic N) is 1. The van der Waals surface area contributed by atoms with E-state index in [0.717, 1.165) is 17.7 Å². The summed E-state index contributed by atoms with van der Waals surface area (Å²) in [5.74, 6) is -1.11. The highest BCUT2D eigenvalue weighted by Crippen LogP contribution is 2.34. The number of rotatable bonds is 9. The molecule has 0 aliphatic carbocycles. The van der Waals surface area contributed by atoms with Crippen LogP contribution in [0.2, 0.25) is 0 Å². The van der Waals surface area contributed by atoms with E-state index in [9.17, 15) is 22.8 Å². The molecule has 1 aliphatic rings. The molecule has 10 heteroatoms. The SMILES string of the molecule is CCCCOC(=O)c1ccc(NS(=O)(=O)c2ccc(OC)c(N3C(=O)CCC3=O)c2)cc1. The Hall–Kier alpha value is -3.40. The van der Waals surface area contributed by atoms with E-state index >= 15 is 0 Å². The Labute approximate surface area is 186 Å². The van der Waals surface area contributed by atoms with Gasteiger partial charge in [0.2, 0.25) is 11.8 Å². The maximum atomic E-state index is 12.9. The second-order valence-corrected chi connectivity index (χ2v) is 8.81. The Morgan fingerprint density at radius 1 is 1.06 bits per heavy atom. The van der Waals surface area contributed by atoms with Crippen molar-refractivity contribution in [2.75, 3.05) is 23.3 Å². The first-order valence-electron chi connectivity index (χ1n) is 10.1. The van der Waals surface area contributed by atoms with Crippen molar-refractivity contribution in [3.8, 4) is 5.75 Å². The predicted octanol–water partition coefficient (Wildman–Crippen LogP) is 3.11. The monoisotopic (exact) mass is 460 g/mol. The smallest absolute Gasteiger partial charge is 0.338 e. The summed E-state index contributed by atoms with van der Waals surface area (Å²) in [7, 11) is -2.68. The Morgan fingerprint density at radius 3 is 2.31 bits per heavy atom. The highest BCUT2D eigenvalue weighted by molar-refractivity contribution is 7.92. The third-order valence-electron chi connectivity index (χ3n) is 4.86. The molecule has 9 nitrogen and oxygen atoms in total. The quantitative estimate of drug-likeness (QED) is 0.347. The van der Waals surface area contributed by atoms with Gasteiger partial charge in [-0.2, -0.15) is 0 Å². The van der Waals surface area contributed by atoms with Crippen LogP contribution in [0.25, 0.3) is 0 Å². The van der Waals surface area contributed by atoms with Crippen LogP contribution < -0.4 is 14.4 Å². The Balaban J connectivity index is 1.81. The summed E-state index contributed by atoms with van der Waals surface area (Å²) >= 11 is 0. The molecule has 0 atom stereocenters. The summed E-state index contributed by atoms with van der Waals surface area (Å²) in [6, 6.07) is 9.76. The summed E-state index contributed by atoms with van der Waals surface area (Å²) in [5.41, 5.74) is 0.621. The number of unbranched alkanes of at least 4 members (excludes halogenated alkanes) is 1. The average Bonchev–Trinajstić information content (AvgIpc) is 3.11. The van der Waals surface area contributed by atoms with E-state index in [0.29, 0.717) is 12.2 Å². The number of carbonyl (C=O) groups excluding carboxylic acids is 3. The minimum absolute atomic E-state index is 0.0600. The minimum Gasteiger partial charge on any atom is -0.495 e. The van der Waals surface area contributed by atoms with Gasteiger partial charge in [-0.05, 0) is 48.9 Å². The van der Waals surface area contributed by atoms with E-state index in [4.69, 9.17) is 9.47 Å². The average molecular weight is 461 g/mol. The molecule has 2 aromatic carbocycles. The van der Waals surface area contributed by atoms with Crippen molar-refractivity contribution in [3.05, 3.63) is 48.0 Å². The molecule has 170 valence electrons. The van der Waals surface area contributed by atoms with Crippen molar-refractivity contribution >= 4 is 39.2 Å². The van der Waals surface area contributed by atoms with Gasteiger partial charge in [-0.3, -0.25) is 14.3 Å². The zero-order valence-electron chi connectivity index (χ0n) is 17.8. The Kier molecular flexibility index (Phi) is 7.14. The minimum atomic E-state index is -4.05. The number of hydrogen-bond acceptors (Lipinski definition) is 7. The molecule has 0 bridgehead atoms. The number of hydrogen-bond donors (Lipinski definition) is 1. The molecule has 0 aromatic heterocycles. The van der Waals surface area contributed by atoms with E-state index < -0.39 is 27.8 Å². The fraction of sp³-hybridized carbons (Fsp3) is 0.318. The summed E-state index contributed by atoms with van der Waals surface area (Å²) in [6.07, 6.45) is 1.79. The van der Waals surface area contributed by atoms with Crippen LogP contribution in [0.1, 0.15) is 43.0 Å². The molecule has 32 heavy (non-hydrogen) atoms. The molecule has 2 amide bonds. The van der Waals surface area contributed by atoms with E-state index in [1.807, 2.05) is 6.92 Å². The molecular weight excluding hydrogens is 436 g/mol.